The summed E-state index contributed by atoms with van der Waals surface area (Å²) in [6.07, 6.45) is 0. The van der Waals surface area contributed by atoms with Gasteiger partial charge in [-0.05, 0) is 44.2 Å². The summed E-state index contributed by atoms with van der Waals surface area (Å²) in [5.41, 5.74) is 6.84. The molecule has 0 aliphatic carbocycles. The van der Waals surface area contributed by atoms with Crippen LogP contribution < -0.4 is 15.8 Å². The first kappa shape index (κ1) is 14.0. The van der Waals surface area contributed by atoms with Crippen molar-refractivity contribution in [1.82, 2.24) is 5.32 Å². The molecule has 0 spiro atoms. The minimum Gasteiger partial charge on any atom is -0.492 e. The molecule has 0 atom stereocenters. The van der Waals surface area contributed by atoms with Crippen LogP contribution in [0.25, 0.3) is 0 Å². The Bertz CT molecular complexity index is 588. The van der Waals surface area contributed by atoms with Crippen molar-refractivity contribution in [2.45, 2.75) is 13.8 Å². The topological polar surface area (TPSA) is 77.5 Å². The Balaban J connectivity index is 1.77. The summed E-state index contributed by atoms with van der Waals surface area (Å²) >= 11 is 0. The molecule has 2 rings (SSSR count). The number of benzene rings is 1. The summed E-state index contributed by atoms with van der Waals surface area (Å²) in [7, 11) is 0. The summed E-state index contributed by atoms with van der Waals surface area (Å²) in [4.78, 5) is 11.9. The maximum absolute atomic E-state index is 11.9. The van der Waals surface area contributed by atoms with Crippen molar-refractivity contribution in [2.75, 3.05) is 18.9 Å². The van der Waals surface area contributed by atoms with Crippen LogP contribution in [-0.4, -0.2) is 19.1 Å². The number of anilines is 1. The van der Waals surface area contributed by atoms with Crippen molar-refractivity contribution in [1.29, 1.82) is 0 Å². The van der Waals surface area contributed by atoms with E-state index in [4.69, 9.17) is 14.9 Å². The molecule has 1 heterocycles. The highest BCUT2D eigenvalue weighted by molar-refractivity contribution is 5.95. The van der Waals surface area contributed by atoms with Crippen LogP contribution in [0.1, 0.15) is 21.9 Å². The van der Waals surface area contributed by atoms with E-state index in [0.717, 1.165) is 11.5 Å². The number of nitrogens with two attached hydrogens (primary N) is 1. The number of amides is 1. The first-order valence-corrected chi connectivity index (χ1v) is 6.40. The lowest BCUT2D eigenvalue weighted by Crippen LogP contribution is -2.28. The maximum Gasteiger partial charge on any atom is 0.254 e. The first-order valence-electron chi connectivity index (χ1n) is 6.40. The molecule has 0 unspecified atom stereocenters. The van der Waals surface area contributed by atoms with Gasteiger partial charge in [-0.15, -0.1) is 0 Å². The van der Waals surface area contributed by atoms with Crippen LogP contribution in [0.15, 0.2) is 34.7 Å². The smallest absolute Gasteiger partial charge is 0.254 e. The quantitative estimate of drug-likeness (QED) is 0.647. The summed E-state index contributed by atoms with van der Waals surface area (Å²) in [5, 5.41) is 2.79. The number of rotatable bonds is 5. The Kier molecular flexibility index (Phi) is 4.30. The van der Waals surface area contributed by atoms with Gasteiger partial charge >= 0.3 is 0 Å². The fraction of sp³-hybridized carbons (Fsp3) is 0.267. The lowest BCUT2D eigenvalue weighted by molar-refractivity contribution is 0.0945. The van der Waals surface area contributed by atoms with Gasteiger partial charge in [0.2, 0.25) is 0 Å². The maximum atomic E-state index is 11.9. The van der Waals surface area contributed by atoms with Crippen LogP contribution in [-0.2, 0) is 0 Å². The summed E-state index contributed by atoms with van der Waals surface area (Å²) < 4.78 is 10.8. The highest BCUT2D eigenvalue weighted by atomic mass is 16.5. The number of nitrogens with one attached hydrogen (secondary N) is 1. The number of hydrogen-bond acceptors (Lipinski definition) is 4. The standard InChI is InChI=1S/C15H18N2O3/c1-10-9-14(11(2)20-10)15(18)17-7-8-19-13-5-3-12(16)4-6-13/h3-6,9H,7-8,16H2,1-2H3,(H,17,18). The van der Waals surface area contributed by atoms with Gasteiger partial charge in [0.05, 0.1) is 12.1 Å². The third-order valence-electron chi connectivity index (χ3n) is 2.82. The zero-order valence-electron chi connectivity index (χ0n) is 11.6. The van der Waals surface area contributed by atoms with E-state index >= 15 is 0 Å². The van der Waals surface area contributed by atoms with Crippen LogP contribution in [0, 0.1) is 13.8 Å². The third-order valence-corrected chi connectivity index (χ3v) is 2.82. The second kappa shape index (κ2) is 6.14. The molecule has 1 aromatic carbocycles. The van der Waals surface area contributed by atoms with Crippen LogP contribution in [0.2, 0.25) is 0 Å². The first-order chi connectivity index (χ1) is 9.56. The molecule has 5 nitrogen and oxygen atoms in total. The molecule has 0 saturated heterocycles. The van der Waals surface area contributed by atoms with Gasteiger partial charge in [-0.3, -0.25) is 4.79 Å². The Morgan fingerprint density at radius 2 is 2.00 bits per heavy atom. The second-order valence-electron chi connectivity index (χ2n) is 4.50. The predicted molar refractivity (Wildman–Crippen MR) is 76.9 cm³/mol. The van der Waals surface area contributed by atoms with E-state index in [9.17, 15) is 4.79 Å². The van der Waals surface area contributed by atoms with Crippen LogP contribution >= 0.6 is 0 Å². The Morgan fingerprint density at radius 3 is 2.60 bits per heavy atom. The van der Waals surface area contributed by atoms with Crippen LogP contribution in [0.5, 0.6) is 5.75 Å². The molecular formula is C15H18N2O3. The number of furan rings is 1. The minimum absolute atomic E-state index is 0.153. The fourth-order valence-corrected chi connectivity index (χ4v) is 1.85. The highest BCUT2D eigenvalue weighted by Crippen LogP contribution is 2.14. The summed E-state index contributed by atoms with van der Waals surface area (Å²) in [6, 6.07) is 8.85. The summed E-state index contributed by atoms with van der Waals surface area (Å²) in [6.45, 7) is 4.40. The molecule has 0 aliphatic rings. The van der Waals surface area contributed by atoms with Gasteiger partial charge in [0.25, 0.3) is 5.91 Å². The van der Waals surface area contributed by atoms with Crippen molar-refractivity contribution < 1.29 is 13.9 Å². The van der Waals surface area contributed by atoms with Gasteiger partial charge in [-0.2, -0.15) is 0 Å². The number of nitrogen functional groups attached to an aromatic ring is 1. The fourth-order valence-electron chi connectivity index (χ4n) is 1.85. The zero-order chi connectivity index (χ0) is 14.5. The van der Waals surface area contributed by atoms with Crippen molar-refractivity contribution in [3.05, 3.63) is 47.4 Å². The minimum atomic E-state index is -0.153. The molecule has 3 N–H and O–H groups in total. The van der Waals surface area contributed by atoms with E-state index in [1.165, 1.54) is 0 Å². The second-order valence-corrected chi connectivity index (χ2v) is 4.50. The number of hydrogen-bond donors (Lipinski definition) is 2. The Morgan fingerprint density at radius 1 is 1.30 bits per heavy atom. The molecule has 0 radical (unpaired) electrons. The lowest BCUT2D eigenvalue weighted by atomic mass is 10.2. The SMILES string of the molecule is Cc1cc(C(=O)NCCOc2ccc(N)cc2)c(C)o1. The predicted octanol–water partition coefficient (Wildman–Crippen LogP) is 2.29. The van der Waals surface area contributed by atoms with Crippen molar-refractivity contribution in [3.63, 3.8) is 0 Å². The number of carbonyl (C=O) groups excluding carboxylic acids is 1. The van der Waals surface area contributed by atoms with E-state index in [0.29, 0.717) is 30.2 Å². The monoisotopic (exact) mass is 274 g/mol. The zero-order valence-corrected chi connectivity index (χ0v) is 11.6. The molecule has 5 heteroatoms. The summed E-state index contributed by atoms with van der Waals surface area (Å²) in [5.74, 6) is 1.93. The molecule has 0 saturated carbocycles. The van der Waals surface area contributed by atoms with Gasteiger partial charge in [0.1, 0.15) is 23.9 Å². The number of aryl methyl sites for hydroxylation is 2. The molecule has 0 aliphatic heterocycles. The van der Waals surface area contributed by atoms with Crippen LogP contribution in [0.3, 0.4) is 0 Å². The largest absolute Gasteiger partial charge is 0.492 e. The van der Waals surface area contributed by atoms with E-state index in [2.05, 4.69) is 5.32 Å². The lowest BCUT2D eigenvalue weighted by Gasteiger charge is -2.07. The van der Waals surface area contributed by atoms with E-state index < -0.39 is 0 Å². The molecule has 2 aromatic rings. The van der Waals surface area contributed by atoms with E-state index in [-0.39, 0.29) is 5.91 Å². The van der Waals surface area contributed by atoms with Crippen LogP contribution in [0.4, 0.5) is 5.69 Å². The van der Waals surface area contributed by atoms with Gasteiger partial charge in [-0.1, -0.05) is 0 Å². The van der Waals surface area contributed by atoms with Crippen molar-refractivity contribution in [3.8, 4) is 5.75 Å². The van der Waals surface area contributed by atoms with Gasteiger partial charge in [-0.25, -0.2) is 0 Å². The average Bonchev–Trinajstić information content (AvgIpc) is 2.75. The molecule has 0 fully saturated rings. The van der Waals surface area contributed by atoms with Crippen molar-refractivity contribution in [2.24, 2.45) is 0 Å². The van der Waals surface area contributed by atoms with Crippen molar-refractivity contribution >= 4 is 11.6 Å². The molecule has 20 heavy (non-hydrogen) atoms. The van der Waals surface area contributed by atoms with Gasteiger partial charge in [0, 0.05) is 5.69 Å². The molecule has 106 valence electrons. The highest BCUT2D eigenvalue weighted by Gasteiger charge is 2.12. The Hall–Kier alpha value is -2.43. The van der Waals surface area contributed by atoms with Gasteiger partial charge < -0.3 is 20.2 Å². The average molecular weight is 274 g/mol. The van der Waals surface area contributed by atoms with E-state index in [1.54, 1.807) is 37.3 Å². The molecule has 1 aromatic heterocycles. The van der Waals surface area contributed by atoms with E-state index in [1.807, 2.05) is 6.92 Å². The molecule has 1 amide bonds. The third kappa shape index (κ3) is 3.54. The number of carbonyl (C=O) groups is 1. The molecular weight excluding hydrogens is 256 g/mol. The molecule has 0 bridgehead atoms. The van der Waals surface area contributed by atoms with Gasteiger partial charge in [0.15, 0.2) is 0 Å². The normalized spacial score (nSPS) is 10.3. The Labute approximate surface area is 117 Å². The number of ether oxygens (including phenoxy) is 1.